The molecule has 0 spiro atoms. The van der Waals surface area contributed by atoms with E-state index >= 15 is 0 Å². The van der Waals surface area contributed by atoms with Crippen molar-refractivity contribution in [2.75, 3.05) is 33.8 Å². The molecule has 55 heavy (non-hydrogen) atoms. The first-order chi connectivity index (χ1) is 25.5. The standard InChI is InChI=1S/C40H79N3O12/c1-14-16-42-21-40(49)27(8)52-30(19-38(40,10)50-13)54-32-24(5)34(55-36-31(44)28(41-12)17-23(4)51-36)37(9,47)18-22(3)20-43-26(7)33(45)39(11,48)29(15-2)53-35(46)25(32)6/h22-36,41-49H,14-21H2,1-13H3/t22-,23-,24+,25-,26-,27+,28+,29-,30+,31-,32+,33-,34-,35?,36+,37-,38-,39-,40+/m1/s1. The van der Waals surface area contributed by atoms with Gasteiger partial charge in [0.15, 0.2) is 18.9 Å². The molecule has 9 N–H and O–H groups in total. The van der Waals surface area contributed by atoms with E-state index < -0.39 is 95.8 Å². The quantitative estimate of drug-likeness (QED) is 0.135. The summed E-state index contributed by atoms with van der Waals surface area (Å²) < 4.78 is 38.5. The molecule has 3 fully saturated rings. The highest BCUT2D eigenvalue weighted by molar-refractivity contribution is 5.07. The number of ether oxygens (including phenoxy) is 6. The molecule has 3 rings (SSSR count). The summed E-state index contributed by atoms with van der Waals surface area (Å²) in [5.74, 6) is -1.69. The minimum absolute atomic E-state index is 0.123. The highest BCUT2D eigenvalue weighted by atomic mass is 16.7. The zero-order chi connectivity index (χ0) is 41.7. The van der Waals surface area contributed by atoms with Crippen molar-refractivity contribution in [3.05, 3.63) is 0 Å². The first-order valence-electron chi connectivity index (χ1n) is 20.7. The Morgan fingerprint density at radius 2 is 1.53 bits per heavy atom. The fourth-order valence-corrected chi connectivity index (χ4v) is 9.14. The van der Waals surface area contributed by atoms with Crippen LogP contribution in [-0.4, -0.2) is 161 Å². The van der Waals surface area contributed by atoms with E-state index in [2.05, 4.69) is 16.0 Å². The molecule has 3 heterocycles. The molecular weight excluding hydrogens is 714 g/mol. The van der Waals surface area contributed by atoms with Crippen molar-refractivity contribution >= 4 is 0 Å². The average molecular weight is 794 g/mol. The lowest BCUT2D eigenvalue weighted by Crippen LogP contribution is -2.70. The second kappa shape index (κ2) is 20.1. The summed E-state index contributed by atoms with van der Waals surface area (Å²) in [6, 6.07) is -0.884. The van der Waals surface area contributed by atoms with Gasteiger partial charge in [-0.05, 0) is 93.3 Å². The molecule has 3 aliphatic heterocycles. The zero-order valence-electron chi connectivity index (χ0n) is 35.9. The van der Waals surface area contributed by atoms with Crippen LogP contribution in [0.15, 0.2) is 0 Å². The van der Waals surface area contributed by atoms with E-state index in [1.807, 2.05) is 41.5 Å². The molecule has 0 amide bonds. The first-order valence-corrected chi connectivity index (χ1v) is 20.7. The number of nitrogens with one attached hydrogen (secondary N) is 3. The van der Waals surface area contributed by atoms with Gasteiger partial charge in [-0.1, -0.05) is 34.6 Å². The molecule has 0 saturated carbocycles. The molecule has 326 valence electrons. The van der Waals surface area contributed by atoms with Crippen LogP contribution < -0.4 is 16.0 Å². The van der Waals surface area contributed by atoms with E-state index in [0.29, 0.717) is 19.5 Å². The van der Waals surface area contributed by atoms with Crippen molar-refractivity contribution in [2.45, 2.75) is 204 Å². The highest BCUT2D eigenvalue weighted by Crippen LogP contribution is 2.43. The number of hydrogen-bond acceptors (Lipinski definition) is 15. The van der Waals surface area contributed by atoms with Gasteiger partial charge in [0.1, 0.15) is 22.9 Å². The summed E-state index contributed by atoms with van der Waals surface area (Å²) in [5, 5.41) is 80.7. The van der Waals surface area contributed by atoms with Crippen LogP contribution in [0.5, 0.6) is 0 Å². The molecule has 0 aromatic heterocycles. The smallest absolute Gasteiger partial charge is 0.185 e. The third-order valence-corrected chi connectivity index (χ3v) is 12.9. The minimum atomic E-state index is -1.75. The topological polar surface area (TPSA) is 213 Å². The summed E-state index contributed by atoms with van der Waals surface area (Å²) >= 11 is 0. The fourth-order valence-electron chi connectivity index (χ4n) is 9.14. The Hall–Kier alpha value is -0.600. The molecule has 15 heteroatoms. The lowest BCUT2D eigenvalue weighted by Gasteiger charge is -2.54. The van der Waals surface area contributed by atoms with Crippen LogP contribution in [-0.2, 0) is 28.4 Å². The molecule has 0 aromatic rings. The summed E-state index contributed by atoms with van der Waals surface area (Å²) in [7, 11) is 3.32. The normalized spacial score (nSPS) is 49.9. The lowest BCUT2D eigenvalue weighted by molar-refractivity contribution is -0.342. The fraction of sp³-hybridized carbons (Fsp3) is 1.00. The largest absolute Gasteiger partial charge is 0.388 e. The summed E-state index contributed by atoms with van der Waals surface area (Å²) in [4.78, 5) is 0. The number of methoxy groups -OCH3 is 1. The molecule has 0 radical (unpaired) electrons. The molecule has 0 aliphatic carbocycles. The minimum Gasteiger partial charge on any atom is -0.388 e. The maximum atomic E-state index is 12.5. The molecule has 0 aromatic carbocycles. The highest BCUT2D eigenvalue weighted by Gasteiger charge is 2.58. The van der Waals surface area contributed by atoms with Gasteiger partial charge in [-0.3, -0.25) is 0 Å². The van der Waals surface area contributed by atoms with E-state index in [0.717, 1.165) is 6.42 Å². The maximum absolute atomic E-state index is 12.5. The number of aliphatic hydroxyl groups excluding tert-OH is 3. The third kappa shape index (κ3) is 11.2. The van der Waals surface area contributed by atoms with Crippen LogP contribution in [0.3, 0.4) is 0 Å². The Balaban J connectivity index is 2.14. The summed E-state index contributed by atoms with van der Waals surface area (Å²) in [6.45, 7) is 21.2. The monoisotopic (exact) mass is 794 g/mol. The van der Waals surface area contributed by atoms with Crippen LogP contribution in [0.4, 0.5) is 0 Å². The van der Waals surface area contributed by atoms with Gasteiger partial charge in [-0.15, -0.1) is 0 Å². The molecule has 15 nitrogen and oxygen atoms in total. The third-order valence-electron chi connectivity index (χ3n) is 12.9. The lowest BCUT2D eigenvalue weighted by atomic mass is 9.75. The van der Waals surface area contributed by atoms with E-state index in [1.54, 1.807) is 41.9 Å². The molecular formula is C40H79N3O12. The predicted octanol–water partition coefficient (Wildman–Crippen LogP) is 1.38. The van der Waals surface area contributed by atoms with E-state index in [1.165, 1.54) is 6.92 Å². The van der Waals surface area contributed by atoms with E-state index in [9.17, 15) is 30.6 Å². The first kappa shape index (κ1) is 48.8. The SMILES string of the molecule is CCCNC[C@]1(O)[C@H](C)O[C@@H](O[C@H]2[C@H](C)[C@@H](O[C@@H]3O[C@H](C)C[C@H](NC)[C@H]3O)[C@](C)(O)C[C@@H](C)CN[C@H](C)[C@@H](O)[C@](C)(O)[C@@H](CC)OC(O)[C@@H]2C)C[C@@]1(C)OC. The van der Waals surface area contributed by atoms with Crippen LogP contribution in [0, 0.1) is 17.8 Å². The van der Waals surface area contributed by atoms with Crippen LogP contribution in [0.1, 0.15) is 108 Å². The zero-order valence-corrected chi connectivity index (χ0v) is 35.9. The number of likely N-dealkylation sites (N-methyl/N-ethyl adjacent to an activating group) is 1. The van der Waals surface area contributed by atoms with Gasteiger partial charge in [-0.25, -0.2) is 0 Å². The molecule has 0 bridgehead atoms. The van der Waals surface area contributed by atoms with Crippen molar-refractivity contribution in [2.24, 2.45) is 17.8 Å². The van der Waals surface area contributed by atoms with Crippen molar-refractivity contribution in [3.63, 3.8) is 0 Å². The van der Waals surface area contributed by atoms with Gasteiger partial charge in [0.25, 0.3) is 0 Å². The van der Waals surface area contributed by atoms with Gasteiger partial charge in [0.05, 0.1) is 42.2 Å². The van der Waals surface area contributed by atoms with Gasteiger partial charge in [-0.2, -0.15) is 0 Å². The van der Waals surface area contributed by atoms with Gasteiger partial charge in [0.2, 0.25) is 0 Å². The Morgan fingerprint density at radius 3 is 2.11 bits per heavy atom. The van der Waals surface area contributed by atoms with Gasteiger partial charge >= 0.3 is 0 Å². The summed E-state index contributed by atoms with van der Waals surface area (Å²) in [6.07, 6.45) is -7.75. The van der Waals surface area contributed by atoms with Crippen LogP contribution in [0.25, 0.3) is 0 Å². The molecule has 3 saturated heterocycles. The second-order valence-electron chi connectivity index (χ2n) is 17.7. The van der Waals surface area contributed by atoms with Crippen LogP contribution >= 0.6 is 0 Å². The van der Waals surface area contributed by atoms with Crippen molar-refractivity contribution in [3.8, 4) is 0 Å². The van der Waals surface area contributed by atoms with E-state index in [4.69, 9.17) is 28.4 Å². The van der Waals surface area contributed by atoms with Crippen LogP contribution in [0.2, 0.25) is 0 Å². The van der Waals surface area contributed by atoms with Crippen molar-refractivity contribution in [1.29, 1.82) is 0 Å². The van der Waals surface area contributed by atoms with Crippen molar-refractivity contribution in [1.82, 2.24) is 16.0 Å². The predicted molar refractivity (Wildman–Crippen MR) is 208 cm³/mol. The average Bonchev–Trinajstić information content (AvgIpc) is 3.12. The van der Waals surface area contributed by atoms with Crippen molar-refractivity contribution < 1.29 is 59.1 Å². The second-order valence-corrected chi connectivity index (χ2v) is 17.7. The molecule has 3 aliphatic rings. The maximum Gasteiger partial charge on any atom is 0.185 e. The molecule has 1 unspecified atom stereocenters. The number of aliphatic hydroxyl groups is 6. The van der Waals surface area contributed by atoms with E-state index in [-0.39, 0.29) is 43.9 Å². The Bertz CT molecular complexity index is 1150. The Labute approximate surface area is 330 Å². The Kier molecular flexibility index (Phi) is 17.8. The summed E-state index contributed by atoms with van der Waals surface area (Å²) in [5.41, 5.74) is -5.82. The van der Waals surface area contributed by atoms with Gasteiger partial charge < -0.3 is 75.0 Å². The van der Waals surface area contributed by atoms with Gasteiger partial charge in [0, 0.05) is 44.0 Å². The molecule has 19 atom stereocenters. The Morgan fingerprint density at radius 1 is 0.873 bits per heavy atom. The number of rotatable bonds is 11. The number of hydrogen-bond donors (Lipinski definition) is 9.